The third-order valence-corrected chi connectivity index (χ3v) is 9.49. The number of aromatic nitrogens is 1. The van der Waals surface area contributed by atoms with Crippen LogP contribution in [0.3, 0.4) is 0 Å². The zero-order valence-corrected chi connectivity index (χ0v) is 16.9. The van der Waals surface area contributed by atoms with Gasteiger partial charge in [-0.15, -0.1) is 0 Å². The van der Waals surface area contributed by atoms with Crippen molar-refractivity contribution in [2.24, 2.45) is 5.92 Å². The number of nitrogens with one attached hydrogen (secondary N) is 1. The Labute approximate surface area is 161 Å². The molecule has 146 valence electrons. The molecular formula is C16H19N3O5S3. The first-order chi connectivity index (χ1) is 12.7. The fourth-order valence-electron chi connectivity index (χ4n) is 3.41. The van der Waals surface area contributed by atoms with Gasteiger partial charge in [-0.2, -0.15) is 4.31 Å². The van der Waals surface area contributed by atoms with Crippen molar-refractivity contribution in [3.05, 3.63) is 18.2 Å². The minimum Gasteiger partial charge on any atom is -0.302 e. The maximum atomic E-state index is 12.7. The van der Waals surface area contributed by atoms with Crippen LogP contribution >= 0.6 is 11.3 Å². The zero-order chi connectivity index (χ0) is 19.2. The van der Waals surface area contributed by atoms with E-state index < -0.39 is 25.8 Å². The predicted molar refractivity (Wildman–Crippen MR) is 103 cm³/mol. The fraction of sp³-hybridized carbons (Fsp3) is 0.500. The van der Waals surface area contributed by atoms with E-state index in [1.54, 1.807) is 12.1 Å². The molecule has 0 spiro atoms. The lowest BCUT2D eigenvalue weighted by molar-refractivity contribution is -0.119. The number of sulfone groups is 1. The van der Waals surface area contributed by atoms with Gasteiger partial charge >= 0.3 is 0 Å². The van der Waals surface area contributed by atoms with Crippen LogP contribution in [-0.4, -0.2) is 56.6 Å². The number of fused-ring (bicyclic) bond motifs is 1. The van der Waals surface area contributed by atoms with E-state index in [-0.39, 0.29) is 22.3 Å². The molecule has 1 atom stereocenters. The van der Waals surface area contributed by atoms with Gasteiger partial charge in [-0.05, 0) is 37.5 Å². The average molecular weight is 430 g/mol. The van der Waals surface area contributed by atoms with Gasteiger partial charge < -0.3 is 5.32 Å². The third kappa shape index (κ3) is 3.73. The SMILES string of the molecule is O=C(Nc1nc2ccc(S(=O)(=O)N3CCCC3)cc2s1)C1CCS(=O)(=O)C1. The van der Waals surface area contributed by atoms with Gasteiger partial charge in [-0.25, -0.2) is 21.8 Å². The molecule has 2 aliphatic heterocycles. The van der Waals surface area contributed by atoms with Crippen LogP contribution in [0.1, 0.15) is 19.3 Å². The molecule has 1 unspecified atom stereocenters. The standard InChI is InChI=1S/C16H19N3O5S3/c20-15(11-5-8-26(21,22)10-11)18-16-17-13-4-3-12(9-14(13)25-16)27(23,24)19-6-1-2-7-19/h3-4,9,11H,1-2,5-8,10H2,(H,17,18,20). The molecule has 11 heteroatoms. The van der Waals surface area contributed by atoms with E-state index >= 15 is 0 Å². The minimum atomic E-state index is -3.51. The van der Waals surface area contributed by atoms with Crippen LogP contribution in [-0.2, 0) is 24.7 Å². The van der Waals surface area contributed by atoms with Gasteiger partial charge in [-0.1, -0.05) is 11.3 Å². The number of sulfonamides is 1. The van der Waals surface area contributed by atoms with Crippen LogP contribution in [0.25, 0.3) is 10.2 Å². The van der Waals surface area contributed by atoms with E-state index in [2.05, 4.69) is 10.3 Å². The van der Waals surface area contributed by atoms with Crippen molar-refractivity contribution in [3.63, 3.8) is 0 Å². The molecular weight excluding hydrogens is 410 g/mol. The van der Waals surface area contributed by atoms with Crippen molar-refractivity contribution in [3.8, 4) is 0 Å². The third-order valence-electron chi connectivity index (χ3n) is 4.90. The monoisotopic (exact) mass is 429 g/mol. The molecule has 0 radical (unpaired) electrons. The Kier molecular flexibility index (Phi) is 4.73. The molecule has 2 saturated heterocycles. The lowest BCUT2D eigenvalue weighted by atomic mass is 10.1. The molecule has 2 fully saturated rings. The van der Waals surface area contributed by atoms with Gasteiger partial charge in [0.25, 0.3) is 0 Å². The van der Waals surface area contributed by atoms with E-state index in [9.17, 15) is 21.6 Å². The Balaban J connectivity index is 1.55. The highest BCUT2D eigenvalue weighted by molar-refractivity contribution is 7.91. The first kappa shape index (κ1) is 18.8. The molecule has 1 aromatic heterocycles. The summed E-state index contributed by atoms with van der Waals surface area (Å²) in [4.78, 5) is 16.8. The van der Waals surface area contributed by atoms with E-state index in [1.807, 2.05) is 0 Å². The second kappa shape index (κ2) is 6.80. The van der Waals surface area contributed by atoms with Gasteiger partial charge in [0.1, 0.15) is 0 Å². The van der Waals surface area contributed by atoms with Gasteiger partial charge in [0.15, 0.2) is 15.0 Å². The van der Waals surface area contributed by atoms with Crippen molar-refractivity contribution in [2.45, 2.75) is 24.2 Å². The van der Waals surface area contributed by atoms with E-state index in [0.29, 0.717) is 34.9 Å². The number of amides is 1. The molecule has 2 aromatic rings. The van der Waals surface area contributed by atoms with Crippen LogP contribution in [0.4, 0.5) is 5.13 Å². The maximum absolute atomic E-state index is 12.7. The summed E-state index contributed by atoms with van der Waals surface area (Å²) in [5, 5.41) is 3.01. The zero-order valence-electron chi connectivity index (χ0n) is 14.4. The quantitative estimate of drug-likeness (QED) is 0.787. The normalized spacial score (nSPS) is 23.0. The highest BCUT2D eigenvalue weighted by atomic mass is 32.2. The van der Waals surface area contributed by atoms with Crippen molar-refractivity contribution in [1.82, 2.24) is 9.29 Å². The van der Waals surface area contributed by atoms with E-state index in [1.165, 1.54) is 21.7 Å². The van der Waals surface area contributed by atoms with Crippen LogP contribution in [0.5, 0.6) is 0 Å². The van der Waals surface area contributed by atoms with Crippen LogP contribution < -0.4 is 5.32 Å². The fourth-order valence-corrected chi connectivity index (χ4v) is 7.67. The van der Waals surface area contributed by atoms with Gasteiger partial charge in [0.05, 0.1) is 32.5 Å². The number of anilines is 1. The first-order valence-corrected chi connectivity index (χ1v) is 12.7. The molecule has 4 rings (SSSR count). The largest absolute Gasteiger partial charge is 0.302 e. The highest BCUT2D eigenvalue weighted by Gasteiger charge is 2.33. The molecule has 8 nitrogen and oxygen atoms in total. The van der Waals surface area contributed by atoms with Gasteiger partial charge in [-0.3, -0.25) is 4.79 Å². The lowest BCUT2D eigenvalue weighted by Gasteiger charge is -2.15. The molecule has 0 saturated carbocycles. The number of hydrogen-bond acceptors (Lipinski definition) is 7. The number of nitrogens with zero attached hydrogens (tertiary/aromatic N) is 2. The molecule has 1 amide bonds. The number of carbonyl (C=O) groups excluding carboxylic acids is 1. The number of thiazole rings is 1. The summed E-state index contributed by atoms with van der Waals surface area (Å²) in [6.45, 7) is 1.07. The van der Waals surface area contributed by atoms with Crippen molar-refractivity contribution in [2.75, 3.05) is 29.9 Å². The van der Waals surface area contributed by atoms with Crippen LogP contribution in [0, 0.1) is 5.92 Å². The maximum Gasteiger partial charge on any atom is 0.243 e. The second-order valence-corrected chi connectivity index (χ2v) is 12.0. The number of rotatable bonds is 4. The van der Waals surface area contributed by atoms with Crippen LogP contribution in [0.2, 0.25) is 0 Å². The lowest BCUT2D eigenvalue weighted by Crippen LogP contribution is -2.27. The van der Waals surface area contributed by atoms with E-state index in [0.717, 1.165) is 12.8 Å². The summed E-state index contributed by atoms with van der Waals surface area (Å²) in [5.41, 5.74) is 0.592. The van der Waals surface area contributed by atoms with Crippen molar-refractivity contribution >= 4 is 52.5 Å². The average Bonchev–Trinajstić information content (AvgIpc) is 3.32. The first-order valence-electron chi connectivity index (χ1n) is 8.67. The predicted octanol–water partition coefficient (Wildman–Crippen LogP) is 1.45. The summed E-state index contributed by atoms with van der Waals surface area (Å²) >= 11 is 1.18. The molecule has 3 heterocycles. The second-order valence-electron chi connectivity index (χ2n) is 6.85. The van der Waals surface area contributed by atoms with Crippen LogP contribution in [0.15, 0.2) is 23.1 Å². The molecule has 1 aromatic carbocycles. The molecule has 2 aliphatic rings. The molecule has 0 bridgehead atoms. The van der Waals surface area contributed by atoms with Crippen molar-refractivity contribution in [1.29, 1.82) is 0 Å². The van der Waals surface area contributed by atoms with Crippen molar-refractivity contribution < 1.29 is 21.6 Å². The Morgan fingerprint density at radius 2 is 2.00 bits per heavy atom. The summed E-state index contributed by atoms with van der Waals surface area (Å²) < 4.78 is 50.6. The summed E-state index contributed by atoms with van der Waals surface area (Å²) in [5.74, 6) is -1.03. The highest BCUT2D eigenvalue weighted by Crippen LogP contribution is 2.31. The number of hydrogen-bond donors (Lipinski definition) is 1. The Morgan fingerprint density at radius 3 is 2.67 bits per heavy atom. The summed E-state index contributed by atoms with van der Waals surface area (Å²) in [7, 11) is -6.65. The van der Waals surface area contributed by atoms with E-state index in [4.69, 9.17) is 0 Å². The molecule has 27 heavy (non-hydrogen) atoms. The Bertz CT molecular complexity index is 1100. The molecule has 0 aliphatic carbocycles. The van der Waals surface area contributed by atoms with Gasteiger partial charge in [0.2, 0.25) is 15.9 Å². The molecule has 1 N–H and O–H groups in total. The topological polar surface area (TPSA) is 114 Å². The Morgan fingerprint density at radius 1 is 1.26 bits per heavy atom. The summed E-state index contributed by atoms with van der Waals surface area (Å²) in [6.07, 6.45) is 2.06. The number of carbonyl (C=O) groups is 1. The Hall–Kier alpha value is -1.56. The minimum absolute atomic E-state index is 0.0304. The number of benzene rings is 1. The smallest absolute Gasteiger partial charge is 0.243 e. The summed E-state index contributed by atoms with van der Waals surface area (Å²) in [6, 6.07) is 4.74. The van der Waals surface area contributed by atoms with Gasteiger partial charge in [0, 0.05) is 13.1 Å².